The van der Waals surface area contributed by atoms with E-state index in [9.17, 15) is 9.59 Å². The van der Waals surface area contributed by atoms with Crippen molar-refractivity contribution in [3.63, 3.8) is 0 Å². The van der Waals surface area contributed by atoms with Crippen molar-refractivity contribution in [2.75, 3.05) is 23.8 Å². The van der Waals surface area contributed by atoms with E-state index >= 15 is 0 Å². The van der Waals surface area contributed by atoms with Gasteiger partial charge in [-0.2, -0.15) is 0 Å². The van der Waals surface area contributed by atoms with Gasteiger partial charge in [-0.3, -0.25) is 10.1 Å². The molecule has 0 fully saturated rings. The van der Waals surface area contributed by atoms with Gasteiger partial charge in [0.2, 0.25) is 5.88 Å². The third-order valence-corrected chi connectivity index (χ3v) is 4.33. The molecular weight excluding hydrogens is 412 g/mol. The highest BCUT2D eigenvalue weighted by atomic mass is 16.5. The lowest BCUT2D eigenvalue weighted by Gasteiger charge is -2.12. The molecular formula is C23H26N4O5. The lowest BCUT2D eigenvalue weighted by Crippen LogP contribution is -2.21. The zero-order valence-corrected chi connectivity index (χ0v) is 18.5. The van der Waals surface area contributed by atoms with E-state index in [2.05, 4.69) is 20.8 Å². The Labute approximate surface area is 186 Å². The zero-order chi connectivity index (χ0) is 23.1. The molecule has 0 spiro atoms. The quantitative estimate of drug-likeness (QED) is 0.500. The molecule has 0 saturated carbocycles. The van der Waals surface area contributed by atoms with Crippen LogP contribution in [0.5, 0.6) is 5.75 Å². The van der Waals surface area contributed by atoms with E-state index in [-0.39, 0.29) is 16.9 Å². The molecule has 3 aromatic rings. The van der Waals surface area contributed by atoms with Gasteiger partial charge in [-0.25, -0.2) is 9.78 Å². The SMILES string of the molecule is CCOc1ccc(Nc2ncccc2C(=O)OCC(=O)Nc2cc(C(C)(C)C)no2)cc1. The number of carbonyl (C=O) groups excluding carboxylic acids is 2. The molecule has 2 aromatic heterocycles. The predicted octanol–water partition coefficient (Wildman–Crippen LogP) is 4.30. The number of carbonyl (C=O) groups is 2. The maximum absolute atomic E-state index is 12.5. The third kappa shape index (κ3) is 6.07. The molecule has 0 saturated heterocycles. The van der Waals surface area contributed by atoms with E-state index < -0.39 is 18.5 Å². The van der Waals surface area contributed by atoms with Crippen LogP contribution in [-0.2, 0) is 14.9 Å². The lowest BCUT2D eigenvalue weighted by molar-refractivity contribution is -0.119. The van der Waals surface area contributed by atoms with Crippen LogP contribution in [-0.4, -0.2) is 35.2 Å². The molecule has 0 radical (unpaired) electrons. The van der Waals surface area contributed by atoms with Crippen molar-refractivity contribution in [3.8, 4) is 5.75 Å². The zero-order valence-electron chi connectivity index (χ0n) is 18.5. The first-order chi connectivity index (χ1) is 15.3. The number of ether oxygens (including phenoxy) is 2. The maximum Gasteiger partial charge on any atom is 0.342 e. The second-order valence-corrected chi connectivity index (χ2v) is 7.93. The van der Waals surface area contributed by atoms with Gasteiger partial charge >= 0.3 is 5.97 Å². The molecule has 0 bridgehead atoms. The van der Waals surface area contributed by atoms with Gasteiger partial charge in [0.15, 0.2) is 6.61 Å². The van der Waals surface area contributed by atoms with Gasteiger partial charge in [-0.05, 0) is 43.3 Å². The molecule has 0 aliphatic carbocycles. The minimum Gasteiger partial charge on any atom is -0.494 e. The molecule has 9 heteroatoms. The molecule has 3 rings (SSSR count). The van der Waals surface area contributed by atoms with E-state index in [0.717, 1.165) is 11.4 Å². The van der Waals surface area contributed by atoms with Crippen molar-refractivity contribution in [1.29, 1.82) is 0 Å². The Bertz CT molecular complexity index is 1070. The number of esters is 1. The van der Waals surface area contributed by atoms with Crippen LogP contribution in [0.3, 0.4) is 0 Å². The number of hydrogen-bond donors (Lipinski definition) is 2. The molecule has 2 heterocycles. The lowest BCUT2D eigenvalue weighted by atomic mass is 9.92. The molecule has 2 N–H and O–H groups in total. The molecule has 9 nitrogen and oxygen atoms in total. The minimum atomic E-state index is -0.686. The number of amides is 1. The summed E-state index contributed by atoms with van der Waals surface area (Å²) in [5.74, 6) is 0.0166. The molecule has 0 aliphatic heterocycles. The fourth-order valence-electron chi connectivity index (χ4n) is 2.68. The van der Waals surface area contributed by atoms with Gasteiger partial charge in [-0.1, -0.05) is 25.9 Å². The normalized spacial score (nSPS) is 11.0. The largest absolute Gasteiger partial charge is 0.494 e. The highest BCUT2D eigenvalue weighted by Crippen LogP contribution is 2.24. The highest BCUT2D eigenvalue weighted by Gasteiger charge is 2.20. The van der Waals surface area contributed by atoms with Crippen molar-refractivity contribution in [2.24, 2.45) is 0 Å². The van der Waals surface area contributed by atoms with Crippen LogP contribution in [0, 0.1) is 0 Å². The summed E-state index contributed by atoms with van der Waals surface area (Å²) in [6.07, 6.45) is 1.55. The Morgan fingerprint density at radius 1 is 1.12 bits per heavy atom. The topological polar surface area (TPSA) is 116 Å². The summed E-state index contributed by atoms with van der Waals surface area (Å²) in [5.41, 5.74) is 1.40. The Hall–Kier alpha value is -3.88. The maximum atomic E-state index is 12.5. The fourth-order valence-corrected chi connectivity index (χ4v) is 2.68. The van der Waals surface area contributed by atoms with Crippen molar-refractivity contribution in [1.82, 2.24) is 10.1 Å². The number of benzene rings is 1. The van der Waals surface area contributed by atoms with E-state index in [1.54, 1.807) is 24.4 Å². The van der Waals surface area contributed by atoms with Gasteiger partial charge < -0.3 is 19.3 Å². The van der Waals surface area contributed by atoms with Crippen LogP contribution in [0.1, 0.15) is 43.7 Å². The van der Waals surface area contributed by atoms with Crippen LogP contribution >= 0.6 is 0 Å². The van der Waals surface area contributed by atoms with Crippen LogP contribution in [0.2, 0.25) is 0 Å². The monoisotopic (exact) mass is 438 g/mol. The van der Waals surface area contributed by atoms with Crippen molar-refractivity contribution < 1.29 is 23.6 Å². The number of hydrogen-bond acceptors (Lipinski definition) is 8. The van der Waals surface area contributed by atoms with E-state index in [4.69, 9.17) is 14.0 Å². The third-order valence-electron chi connectivity index (χ3n) is 4.33. The van der Waals surface area contributed by atoms with Crippen molar-refractivity contribution in [2.45, 2.75) is 33.1 Å². The van der Waals surface area contributed by atoms with Crippen LogP contribution in [0.15, 0.2) is 53.2 Å². The average molecular weight is 438 g/mol. The van der Waals surface area contributed by atoms with Gasteiger partial charge in [0.05, 0.1) is 12.3 Å². The Kier molecular flexibility index (Phi) is 7.09. The fraction of sp³-hybridized carbons (Fsp3) is 0.304. The number of nitrogens with zero attached hydrogens (tertiary/aromatic N) is 2. The standard InChI is InChI=1S/C23H26N4O5/c1-5-30-16-10-8-15(9-11-16)25-21-17(7-6-12-24-21)22(29)31-14-19(28)26-20-13-18(27-32-20)23(2,3)4/h6-13H,5,14H2,1-4H3,(H,24,25)(H,26,28). The summed E-state index contributed by atoms with van der Waals surface area (Å²) in [6, 6.07) is 12.1. The van der Waals surface area contributed by atoms with Crippen LogP contribution in [0.4, 0.5) is 17.4 Å². The molecule has 1 amide bonds. The van der Waals surface area contributed by atoms with Crippen LogP contribution < -0.4 is 15.4 Å². The first-order valence-corrected chi connectivity index (χ1v) is 10.2. The average Bonchev–Trinajstić information content (AvgIpc) is 3.23. The van der Waals surface area contributed by atoms with Crippen LogP contribution in [0.25, 0.3) is 0 Å². The Balaban J connectivity index is 1.59. The number of rotatable bonds is 8. The smallest absolute Gasteiger partial charge is 0.342 e. The Morgan fingerprint density at radius 3 is 2.53 bits per heavy atom. The number of nitrogens with one attached hydrogen (secondary N) is 2. The van der Waals surface area contributed by atoms with E-state index in [1.165, 1.54) is 0 Å². The van der Waals surface area contributed by atoms with Gasteiger partial charge in [0, 0.05) is 23.4 Å². The number of aromatic nitrogens is 2. The molecule has 32 heavy (non-hydrogen) atoms. The number of anilines is 3. The molecule has 1 aromatic carbocycles. The summed E-state index contributed by atoms with van der Waals surface area (Å²) in [5, 5.41) is 9.53. The number of pyridine rings is 1. The molecule has 0 atom stereocenters. The van der Waals surface area contributed by atoms with Gasteiger partial charge in [0.25, 0.3) is 5.91 Å². The minimum absolute atomic E-state index is 0.190. The van der Waals surface area contributed by atoms with Crippen molar-refractivity contribution in [3.05, 3.63) is 59.9 Å². The molecule has 0 unspecified atom stereocenters. The first-order valence-electron chi connectivity index (χ1n) is 10.2. The van der Waals surface area contributed by atoms with Gasteiger partial charge in [-0.15, -0.1) is 0 Å². The van der Waals surface area contributed by atoms with Gasteiger partial charge in [0.1, 0.15) is 17.1 Å². The summed E-state index contributed by atoms with van der Waals surface area (Å²) in [7, 11) is 0. The molecule has 168 valence electrons. The second-order valence-electron chi connectivity index (χ2n) is 7.93. The highest BCUT2D eigenvalue weighted by molar-refractivity contribution is 5.98. The first kappa shape index (κ1) is 22.8. The summed E-state index contributed by atoms with van der Waals surface area (Å²) in [4.78, 5) is 28.9. The van der Waals surface area contributed by atoms with Crippen molar-refractivity contribution >= 4 is 29.3 Å². The van der Waals surface area contributed by atoms with E-state index in [1.807, 2.05) is 52.0 Å². The second kappa shape index (κ2) is 9.95. The summed E-state index contributed by atoms with van der Waals surface area (Å²) >= 11 is 0. The van der Waals surface area contributed by atoms with E-state index in [0.29, 0.717) is 18.1 Å². The molecule has 0 aliphatic rings. The summed E-state index contributed by atoms with van der Waals surface area (Å²) < 4.78 is 15.7. The Morgan fingerprint density at radius 2 is 1.88 bits per heavy atom. The predicted molar refractivity (Wildman–Crippen MR) is 119 cm³/mol. The summed E-state index contributed by atoms with van der Waals surface area (Å²) in [6.45, 7) is 7.93.